The minimum Gasteiger partial charge on any atom is -0.495 e. The van der Waals surface area contributed by atoms with Crippen LogP contribution in [0.3, 0.4) is 0 Å². The molecule has 0 aliphatic carbocycles. The Labute approximate surface area is 144 Å². The molecule has 24 heavy (non-hydrogen) atoms. The van der Waals surface area contributed by atoms with Crippen molar-refractivity contribution < 1.29 is 24.1 Å². The van der Waals surface area contributed by atoms with Crippen LogP contribution in [0.5, 0.6) is 17.2 Å². The van der Waals surface area contributed by atoms with E-state index in [1.54, 1.807) is 25.3 Å². The molecule has 2 N–H and O–H groups in total. The first-order valence-electron chi connectivity index (χ1n) is 7.05. The van der Waals surface area contributed by atoms with Gasteiger partial charge >= 0.3 is 5.97 Å². The first-order chi connectivity index (χ1) is 11.5. The Bertz CT molecular complexity index is 748. The molecule has 0 saturated heterocycles. The Morgan fingerprint density at radius 1 is 1.08 bits per heavy atom. The topological polar surface area (TPSA) is 77.0 Å². The molecule has 0 spiro atoms. The molecule has 0 fully saturated rings. The number of rotatable bonds is 7. The van der Waals surface area contributed by atoms with Crippen LogP contribution in [-0.2, 0) is 6.54 Å². The minimum absolute atomic E-state index is 0.161. The summed E-state index contributed by atoms with van der Waals surface area (Å²) in [5, 5.41) is 12.8. The van der Waals surface area contributed by atoms with E-state index in [9.17, 15) is 4.79 Å². The number of nitrogens with one attached hydrogen (secondary N) is 1. The lowest BCUT2D eigenvalue weighted by Gasteiger charge is -2.16. The molecule has 0 radical (unpaired) electrons. The number of hydrogen-bond donors (Lipinski definition) is 2. The highest BCUT2D eigenvalue weighted by atomic mass is 35.5. The molecule has 6 nitrogen and oxygen atoms in total. The summed E-state index contributed by atoms with van der Waals surface area (Å²) in [7, 11) is 4.59. The lowest BCUT2D eigenvalue weighted by atomic mass is 10.1. The van der Waals surface area contributed by atoms with Gasteiger partial charge in [0.15, 0.2) is 11.5 Å². The minimum atomic E-state index is -1.01. The van der Waals surface area contributed by atoms with Gasteiger partial charge in [0.2, 0.25) is 0 Å². The Hall–Kier alpha value is -2.60. The van der Waals surface area contributed by atoms with E-state index in [1.807, 2.05) is 0 Å². The first-order valence-corrected chi connectivity index (χ1v) is 7.43. The van der Waals surface area contributed by atoms with Gasteiger partial charge in [-0.3, -0.25) is 0 Å². The highest BCUT2D eigenvalue weighted by Gasteiger charge is 2.14. The highest BCUT2D eigenvalue weighted by molar-refractivity contribution is 6.30. The van der Waals surface area contributed by atoms with Crippen molar-refractivity contribution >= 4 is 23.3 Å². The third-order valence-electron chi connectivity index (χ3n) is 3.44. The summed E-state index contributed by atoms with van der Waals surface area (Å²) in [6.07, 6.45) is 0. The van der Waals surface area contributed by atoms with Crippen LogP contribution in [0.4, 0.5) is 5.69 Å². The lowest BCUT2D eigenvalue weighted by Crippen LogP contribution is -2.06. The zero-order valence-corrected chi connectivity index (χ0v) is 14.3. The molecule has 0 aliphatic rings. The molecule has 0 atom stereocenters. The van der Waals surface area contributed by atoms with E-state index in [0.717, 1.165) is 5.56 Å². The standard InChI is InChI=1S/C17H18ClNO5/c1-22-14-5-4-10(17(20)21)7-13(14)19-9-11-6-12(18)8-15(23-2)16(11)24-3/h4-8,19H,9H2,1-3H3,(H,20,21). The first kappa shape index (κ1) is 17.7. The monoisotopic (exact) mass is 351 g/mol. The molecular weight excluding hydrogens is 334 g/mol. The predicted octanol–water partition coefficient (Wildman–Crippen LogP) is 3.68. The van der Waals surface area contributed by atoms with Crippen LogP contribution < -0.4 is 19.5 Å². The van der Waals surface area contributed by atoms with Crippen LogP contribution in [0.25, 0.3) is 0 Å². The van der Waals surface area contributed by atoms with E-state index in [4.69, 9.17) is 30.9 Å². The molecule has 2 aromatic carbocycles. The van der Waals surface area contributed by atoms with Crippen molar-refractivity contribution in [3.63, 3.8) is 0 Å². The largest absolute Gasteiger partial charge is 0.495 e. The summed E-state index contributed by atoms with van der Waals surface area (Å²) >= 11 is 6.10. The quantitative estimate of drug-likeness (QED) is 0.792. The van der Waals surface area contributed by atoms with Crippen molar-refractivity contribution in [3.05, 3.63) is 46.5 Å². The zero-order chi connectivity index (χ0) is 17.7. The van der Waals surface area contributed by atoms with Gasteiger partial charge in [0.05, 0.1) is 32.6 Å². The van der Waals surface area contributed by atoms with Crippen LogP contribution in [0.15, 0.2) is 30.3 Å². The van der Waals surface area contributed by atoms with Gasteiger partial charge in [0.25, 0.3) is 0 Å². The molecule has 0 aromatic heterocycles. The Kier molecular flexibility index (Phi) is 5.76. The predicted molar refractivity (Wildman–Crippen MR) is 91.8 cm³/mol. The summed E-state index contributed by atoms with van der Waals surface area (Å²) in [6.45, 7) is 0.347. The van der Waals surface area contributed by atoms with Crippen molar-refractivity contribution in [2.24, 2.45) is 0 Å². The van der Waals surface area contributed by atoms with Crippen LogP contribution in [0, 0.1) is 0 Å². The molecule has 0 bridgehead atoms. The van der Waals surface area contributed by atoms with Gasteiger partial charge in [0, 0.05) is 23.2 Å². The second kappa shape index (κ2) is 7.79. The van der Waals surface area contributed by atoms with Gasteiger partial charge in [-0.15, -0.1) is 0 Å². The number of halogens is 1. The highest BCUT2D eigenvalue weighted by Crippen LogP contribution is 2.35. The van der Waals surface area contributed by atoms with E-state index in [0.29, 0.717) is 34.5 Å². The Morgan fingerprint density at radius 2 is 1.79 bits per heavy atom. The smallest absolute Gasteiger partial charge is 0.335 e. The number of carboxylic acids is 1. The number of carboxylic acid groups (broad SMARTS) is 1. The maximum absolute atomic E-state index is 11.1. The van der Waals surface area contributed by atoms with Crippen LogP contribution in [0.1, 0.15) is 15.9 Å². The second-order valence-electron chi connectivity index (χ2n) is 4.87. The van der Waals surface area contributed by atoms with E-state index >= 15 is 0 Å². The lowest BCUT2D eigenvalue weighted by molar-refractivity contribution is 0.0697. The van der Waals surface area contributed by atoms with Gasteiger partial charge < -0.3 is 24.6 Å². The number of carbonyl (C=O) groups is 1. The van der Waals surface area contributed by atoms with Crippen molar-refractivity contribution in [3.8, 4) is 17.2 Å². The van der Waals surface area contributed by atoms with Gasteiger partial charge in [-0.2, -0.15) is 0 Å². The second-order valence-corrected chi connectivity index (χ2v) is 5.31. The maximum Gasteiger partial charge on any atom is 0.335 e. The maximum atomic E-state index is 11.1. The number of hydrogen-bond acceptors (Lipinski definition) is 5. The summed E-state index contributed by atoms with van der Waals surface area (Å²) in [5.74, 6) is 0.603. The zero-order valence-electron chi connectivity index (χ0n) is 13.6. The van der Waals surface area contributed by atoms with Crippen LogP contribution in [-0.4, -0.2) is 32.4 Å². The SMILES string of the molecule is COc1ccc(C(=O)O)cc1NCc1cc(Cl)cc(OC)c1OC. The third-order valence-corrected chi connectivity index (χ3v) is 3.65. The van der Waals surface area contributed by atoms with E-state index in [1.165, 1.54) is 26.4 Å². The molecule has 128 valence electrons. The van der Waals surface area contributed by atoms with Crippen molar-refractivity contribution in [1.29, 1.82) is 0 Å². The molecule has 0 aliphatic heterocycles. The van der Waals surface area contributed by atoms with E-state index in [-0.39, 0.29) is 5.56 Å². The van der Waals surface area contributed by atoms with Gasteiger partial charge in [-0.25, -0.2) is 4.79 Å². The molecule has 7 heteroatoms. The van der Waals surface area contributed by atoms with Crippen molar-refractivity contribution in [2.75, 3.05) is 26.6 Å². The van der Waals surface area contributed by atoms with Crippen molar-refractivity contribution in [2.45, 2.75) is 6.54 Å². The fraction of sp³-hybridized carbons (Fsp3) is 0.235. The summed E-state index contributed by atoms with van der Waals surface area (Å²) < 4.78 is 15.9. The third kappa shape index (κ3) is 3.83. The van der Waals surface area contributed by atoms with E-state index < -0.39 is 5.97 Å². The average molecular weight is 352 g/mol. The van der Waals surface area contributed by atoms with Gasteiger partial charge in [0.1, 0.15) is 5.75 Å². The normalized spacial score (nSPS) is 10.2. The summed E-state index contributed by atoms with van der Waals surface area (Å²) in [6, 6.07) is 8.01. The number of ether oxygens (including phenoxy) is 3. The molecule has 0 saturated carbocycles. The van der Waals surface area contributed by atoms with Crippen LogP contribution >= 0.6 is 11.6 Å². The molecule has 2 rings (SSSR count). The summed E-state index contributed by atoms with van der Waals surface area (Å²) in [5.41, 5.74) is 1.48. The number of benzene rings is 2. The fourth-order valence-electron chi connectivity index (χ4n) is 2.31. The summed E-state index contributed by atoms with van der Waals surface area (Å²) in [4.78, 5) is 11.1. The van der Waals surface area contributed by atoms with E-state index in [2.05, 4.69) is 5.32 Å². The number of methoxy groups -OCH3 is 3. The van der Waals surface area contributed by atoms with Crippen molar-refractivity contribution in [1.82, 2.24) is 0 Å². The molecule has 0 amide bonds. The van der Waals surface area contributed by atoms with Gasteiger partial charge in [-0.05, 0) is 24.3 Å². The molecular formula is C17H18ClNO5. The fourth-order valence-corrected chi connectivity index (χ4v) is 2.54. The molecule has 0 unspecified atom stereocenters. The van der Waals surface area contributed by atoms with Gasteiger partial charge in [-0.1, -0.05) is 11.6 Å². The average Bonchev–Trinajstić information content (AvgIpc) is 2.58. The Balaban J connectivity index is 2.32. The Morgan fingerprint density at radius 3 is 2.38 bits per heavy atom. The number of aromatic carboxylic acids is 1. The molecule has 2 aromatic rings. The molecule has 0 heterocycles. The van der Waals surface area contributed by atoms with Crippen LogP contribution in [0.2, 0.25) is 5.02 Å². The number of anilines is 1.